The first-order valence-corrected chi connectivity index (χ1v) is 5.77. The van der Waals surface area contributed by atoms with E-state index in [9.17, 15) is 9.59 Å². The van der Waals surface area contributed by atoms with Crippen LogP contribution < -0.4 is 0 Å². The molecule has 3 nitrogen and oxygen atoms in total. The highest BCUT2D eigenvalue weighted by atomic mass is 79.9. The van der Waals surface area contributed by atoms with E-state index in [2.05, 4.69) is 15.9 Å². The number of carboxylic acids is 1. The third-order valence-electron chi connectivity index (χ3n) is 2.98. The maximum Gasteiger partial charge on any atom is 0.304 e. The van der Waals surface area contributed by atoms with Crippen LogP contribution in [-0.2, 0) is 11.2 Å². The number of halogens is 1. The number of Topliss-reactive ketones (excluding diaryl/α,β-unsaturated/α-hetero) is 1. The Morgan fingerprint density at radius 3 is 2.88 bits per heavy atom. The van der Waals surface area contributed by atoms with Crippen LogP contribution in [0.25, 0.3) is 0 Å². The Labute approximate surface area is 102 Å². The Bertz CT molecular complexity index is 481. The van der Waals surface area contributed by atoms with Gasteiger partial charge in [0, 0.05) is 15.5 Å². The number of benzene rings is 1. The molecule has 1 aromatic carbocycles. The minimum absolute atomic E-state index is 0.0580. The van der Waals surface area contributed by atoms with Crippen molar-refractivity contribution in [3.63, 3.8) is 0 Å². The highest BCUT2D eigenvalue weighted by molar-refractivity contribution is 9.10. The van der Waals surface area contributed by atoms with Gasteiger partial charge in [0.15, 0.2) is 5.78 Å². The third kappa shape index (κ3) is 1.78. The van der Waals surface area contributed by atoms with Crippen molar-refractivity contribution in [2.24, 2.45) is 5.41 Å². The zero-order valence-corrected chi connectivity index (χ0v) is 10.4. The summed E-state index contributed by atoms with van der Waals surface area (Å²) in [6, 6.07) is 5.46. The van der Waals surface area contributed by atoms with Crippen molar-refractivity contribution in [2.45, 2.75) is 19.8 Å². The molecule has 1 atom stereocenters. The van der Waals surface area contributed by atoms with Gasteiger partial charge in [-0.15, -0.1) is 0 Å². The average Bonchev–Trinajstić information content (AvgIpc) is 2.37. The number of carbonyl (C=O) groups is 2. The molecular formula is C12H11BrO3. The minimum Gasteiger partial charge on any atom is -0.481 e. The second-order valence-electron chi connectivity index (χ2n) is 4.44. The number of rotatable bonds is 2. The van der Waals surface area contributed by atoms with E-state index in [1.54, 1.807) is 13.0 Å². The third-order valence-corrected chi connectivity index (χ3v) is 3.48. The van der Waals surface area contributed by atoms with E-state index in [1.165, 1.54) is 0 Å². The molecule has 2 rings (SSSR count). The number of carboxylic acid groups (broad SMARTS) is 1. The number of carbonyl (C=O) groups excluding carboxylic acids is 1. The van der Waals surface area contributed by atoms with Crippen LogP contribution in [0.2, 0.25) is 0 Å². The van der Waals surface area contributed by atoms with Crippen LogP contribution in [0.1, 0.15) is 29.3 Å². The second kappa shape index (κ2) is 3.70. The van der Waals surface area contributed by atoms with Gasteiger partial charge in [-0.05, 0) is 30.2 Å². The number of ketones is 1. The number of hydrogen-bond acceptors (Lipinski definition) is 2. The Hall–Kier alpha value is -1.16. The topological polar surface area (TPSA) is 54.4 Å². The molecule has 1 aliphatic rings. The van der Waals surface area contributed by atoms with Crippen LogP contribution in [0.3, 0.4) is 0 Å². The van der Waals surface area contributed by atoms with Gasteiger partial charge >= 0.3 is 5.97 Å². The van der Waals surface area contributed by atoms with Gasteiger partial charge < -0.3 is 5.11 Å². The summed E-state index contributed by atoms with van der Waals surface area (Å²) in [6.45, 7) is 1.72. The summed E-state index contributed by atoms with van der Waals surface area (Å²) in [5.41, 5.74) is 0.810. The second-order valence-corrected chi connectivity index (χ2v) is 5.35. The molecule has 0 bridgehead atoms. The largest absolute Gasteiger partial charge is 0.481 e. The molecule has 1 aromatic rings. The van der Waals surface area contributed by atoms with E-state index in [0.29, 0.717) is 12.0 Å². The summed E-state index contributed by atoms with van der Waals surface area (Å²) >= 11 is 3.35. The molecule has 1 N–H and O–H groups in total. The predicted octanol–water partition coefficient (Wildman–Crippen LogP) is 2.67. The fraction of sp³-hybridized carbons (Fsp3) is 0.333. The van der Waals surface area contributed by atoms with Crippen molar-refractivity contribution in [2.75, 3.05) is 0 Å². The van der Waals surface area contributed by atoms with Crippen molar-refractivity contribution in [3.8, 4) is 0 Å². The summed E-state index contributed by atoms with van der Waals surface area (Å²) in [6.07, 6.45) is 0.394. The van der Waals surface area contributed by atoms with E-state index in [4.69, 9.17) is 5.11 Å². The Morgan fingerprint density at radius 1 is 1.56 bits per heavy atom. The zero-order valence-electron chi connectivity index (χ0n) is 8.79. The summed E-state index contributed by atoms with van der Waals surface area (Å²) in [7, 11) is 0. The first-order chi connectivity index (χ1) is 7.42. The quantitative estimate of drug-likeness (QED) is 0.907. The van der Waals surface area contributed by atoms with Crippen LogP contribution in [0.15, 0.2) is 22.7 Å². The summed E-state index contributed by atoms with van der Waals surface area (Å²) in [5, 5.41) is 8.83. The lowest BCUT2D eigenvalue weighted by atomic mass is 9.83. The van der Waals surface area contributed by atoms with Gasteiger partial charge in [-0.3, -0.25) is 9.59 Å². The maximum atomic E-state index is 12.1. The summed E-state index contributed by atoms with van der Waals surface area (Å²) < 4.78 is 0.915. The first-order valence-electron chi connectivity index (χ1n) is 4.97. The van der Waals surface area contributed by atoms with Gasteiger partial charge in [0.05, 0.1) is 6.42 Å². The Kier molecular flexibility index (Phi) is 2.62. The first kappa shape index (κ1) is 11.3. The van der Waals surface area contributed by atoms with Gasteiger partial charge in [0.25, 0.3) is 0 Å². The standard InChI is InChI=1S/C12H11BrO3/c1-12(6-10(14)15)5-7-4-8(13)2-3-9(7)11(12)16/h2-4H,5-6H2,1H3,(H,14,15). The fourth-order valence-corrected chi connectivity index (χ4v) is 2.64. The van der Waals surface area contributed by atoms with Crippen molar-refractivity contribution in [1.29, 1.82) is 0 Å². The van der Waals surface area contributed by atoms with Crippen molar-refractivity contribution < 1.29 is 14.7 Å². The van der Waals surface area contributed by atoms with Crippen molar-refractivity contribution in [3.05, 3.63) is 33.8 Å². The lowest BCUT2D eigenvalue weighted by Crippen LogP contribution is -2.27. The van der Waals surface area contributed by atoms with Crippen LogP contribution in [0.5, 0.6) is 0 Å². The molecule has 16 heavy (non-hydrogen) atoms. The molecule has 0 aromatic heterocycles. The number of hydrogen-bond donors (Lipinski definition) is 1. The van der Waals surface area contributed by atoms with Gasteiger partial charge in [0.2, 0.25) is 0 Å². The zero-order chi connectivity index (χ0) is 11.9. The lowest BCUT2D eigenvalue weighted by molar-refractivity contribution is -0.138. The molecular weight excluding hydrogens is 272 g/mol. The van der Waals surface area contributed by atoms with Crippen LogP contribution in [0.4, 0.5) is 0 Å². The van der Waals surface area contributed by atoms with Crippen molar-refractivity contribution >= 4 is 27.7 Å². The summed E-state index contributed by atoms with van der Waals surface area (Å²) in [5.74, 6) is -0.986. The minimum atomic E-state index is -0.928. The SMILES string of the molecule is CC1(CC(=O)O)Cc2cc(Br)ccc2C1=O. The average molecular weight is 283 g/mol. The molecule has 0 heterocycles. The van der Waals surface area contributed by atoms with Gasteiger partial charge in [0.1, 0.15) is 0 Å². The molecule has 0 radical (unpaired) electrons. The van der Waals surface area contributed by atoms with Gasteiger partial charge in [-0.1, -0.05) is 22.9 Å². The molecule has 1 unspecified atom stereocenters. The van der Waals surface area contributed by atoms with Crippen LogP contribution >= 0.6 is 15.9 Å². The molecule has 84 valence electrons. The lowest BCUT2D eigenvalue weighted by Gasteiger charge is -2.18. The molecule has 0 spiro atoms. The molecule has 0 aliphatic heterocycles. The Morgan fingerprint density at radius 2 is 2.25 bits per heavy atom. The van der Waals surface area contributed by atoms with E-state index in [1.807, 2.05) is 12.1 Å². The van der Waals surface area contributed by atoms with Gasteiger partial charge in [-0.25, -0.2) is 0 Å². The van der Waals surface area contributed by atoms with E-state index in [-0.39, 0.29) is 12.2 Å². The van der Waals surface area contributed by atoms with Crippen molar-refractivity contribution in [1.82, 2.24) is 0 Å². The molecule has 0 fully saturated rings. The normalized spacial score (nSPS) is 23.2. The van der Waals surface area contributed by atoms with Crippen LogP contribution in [0, 0.1) is 5.41 Å². The monoisotopic (exact) mass is 282 g/mol. The Balaban J connectivity index is 2.40. The van der Waals surface area contributed by atoms with Gasteiger partial charge in [-0.2, -0.15) is 0 Å². The predicted molar refractivity (Wildman–Crippen MR) is 62.5 cm³/mol. The molecule has 0 saturated heterocycles. The highest BCUT2D eigenvalue weighted by Crippen LogP contribution is 2.40. The van der Waals surface area contributed by atoms with E-state index < -0.39 is 11.4 Å². The molecule has 4 heteroatoms. The fourth-order valence-electron chi connectivity index (χ4n) is 2.23. The number of fused-ring (bicyclic) bond motifs is 1. The van der Waals surface area contributed by atoms with E-state index >= 15 is 0 Å². The molecule has 0 saturated carbocycles. The maximum absolute atomic E-state index is 12.1. The smallest absolute Gasteiger partial charge is 0.304 e. The van der Waals surface area contributed by atoms with Crippen LogP contribution in [-0.4, -0.2) is 16.9 Å². The summed E-state index contributed by atoms with van der Waals surface area (Å²) in [4.78, 5) is 22.8. The van der Waals surface area contributed by atoms with E-state index in [0.717, 1.165) is 10.0 Å². The molecule has 0 amide bonds. The number of aliphatic carboxylic acids is 1. The highest BCUT2D eigenvalue weighted by Gasteiger charge is 2.42. The molecule has 1 aliphatic carbocycles.